The summed E-state index contributed by atoms with van der Waals surface area (Å²) in [6, 6.07) is 11.7. The summed E-state index contributed by atoms with van der Waals surface area (Å²) < 4.78 is 0. The maximum atomic E-state index is 13.9. The number of hydrogen-bond donors (Lipinski definition) is 0. The minimum absolute atomic E-state index is 0.00703. The molecule has 35 heavy (non-hydrogen) atoms. The molecule has 2 aliphatic rings. The Bertz CT molecular complexity index is 1150. The van der Waals surface area contributed by atoms with Crippen molar-refractivity contribution in [3.05, 3.63) is 69.7 Å². The number of halogens is 4. The lowest BCUT2D eigenvalue weighted by Gasteiger charge is -2.36. The summed E-state index contributed by atoms with van der Waals surface area (Å²) in [5.41, 5.74) is 0.495. The van der Waals surface area contributed by atoms with Gasteiger partial charge in [0, 0.05) is 20.8 Å². The van der Waals surface area contributed by atoms with Crippen molar-refractivity contribution >= 4 is 78.6 Å². The Morgan fingerprint density at radius 1 is 0.943 bits per heavy atom. The van der Waals surface area contributed by atoms with E-state index in [9.17, 15) is 19.2 Å². The lowest BCUT2D eigenvalue weighted by molar-refractivity contribution is -0.156. The van der Waals surface area contributed by atoms with E-state index in [-0.39, 0.29) is 37.5 Å². The van der Waals surface area contributed by atoms with Crippen LogP contribution in [0.2, 0.25) is 10.0 Å². The fourth-order valence-electron chi connectivity index (χ4n) is 4.69. The number of amides is 3. The highest BCUT2D eigenvalue weighted by Gasteiger charge is 2.56. The minimum atomic E-state index is -1.08. The number of rotatable bonds is 6. The minimum Gasteiger partial charge on any atom is -0.292 e. The van der Waals surface area contributed by atoms with Gasteiger partial charge in [0.25, 0.3) is 17.7 Å². The number of fused-ring (bicyclic) bond motifs is 1. The number of carbonyl (C=O) groups excluding carboxylic acids is 4. The Balaban J connectivity index is 1.80. The summed E-state index contributed by atoms with van der Waals surface area (Å²) in [5.74, 6) is -3.14. The fraction of sp³-hybridized carbons (Fsp3) is 0.360. The van der Waals surface area contributed by atoms with Gasteiger partial charge in [0.1, 0.15) is 6.04 Å². The molecule has 1 saturated heterocycles. The number of carbonyl (C=O) groups is 4. The predicted octanol–water partition coefficient (Wildman–Crippen LogP) is 5.93. The molecule has 0 bridgehead atoms. The molecule has 184 valence electrons. The summed E-state index contributed by atoms with van der Waals surface area (Å²) in [5, 5.41) is 2.34. The zero-order valence-corrected chi connectivity index (χ0v) is 23.4. The van der Waals surface area contributed by atoms with Crippen molar-refractivity contribution in [2.24, 2.45) is 11.8 Å². The second-order valence-corrected chi connectivity index (χ2v) is 11.8. The first kappa shape index (κ1) is 26.3. The smallest absolute Gasteiger partial charge is 0.273 e. The molecule has 2 aromatic carbocycles. The van der Waals surface area contributed by atoms with Gasteiger partial charge in [-0.15, -0.1) is 0 Å². The normalized spacial score (nSPS) is 24.8. The molecule has 6 nitrogen and oxygen atoms in total. The van der Waals surface area contributed by atoms with Gasteiger partial charge in [0.2, 0.25) is 0 Å². The maximum Gasteiger partial charge on any atom is 0.273 e. The highest BCUT2D eigenvalue weighted by molar-refractivity contribution is 9.12. The van der Waals surface area contributed by atoms with Crippen LogP contribution >= 0.6 is 55.1 Å². The number of hydrogen-bond acceptors (Lipinski definition) is 4. The van der Waals surface area contributed by atoms with E-state index < -0.39 is 35.6 Å². The van der Waals surface area contributed by atoms with Crippen LogP contribution in [0.4, 0.5) is 0 Å². The number of hydrazine groups is 1. The number of Topliss-reactive ketones (excluding diaryl/α,β-unsaturated/α-hetero) is 1. The SMILES string of the molecule is CC[C@H](C(=O)c1ccccc1)N(C(=O)c1ccc(Cl)c(Cl)c1)N1C(=O)[C@H]2C[C@@H](Br)[C@@H](Br)C[C@H]2C1=O. The van der Waals surface area contributed by atoms with Crippen LogP contribution in [0.3, 0.4) is 0 Å². The van der Waals surface area contributed by atoms with E-state index in [4.69, 9.17) is 23.2 Å². The Labute approximate surface area is 230 Å². The van der Waals surface area contributed by atoms with Crippen molar-refractivity contribution in [2.75, 3.05) is 0 Å². The van der Waals surface area contributed by atoms with E-state index in [0.717, 1.165) is 10.0 Å². The lowest BCUT2D eigenvalue weighted by Crippen LogP contribution is -2.57. The summed E-state index contributed by atoms with van der Waals surface area (Å²) in [6.45, 7) is 1.74. The molecule has 0 N–H and O–H groups in total. The Morgan fingerprint density at radius 3 is 2.03 bits per heavy atom. The van der Waals surface area contributed by atoms with Gasteiger partial charge in [0.05, 0.1) is 21.9 Å². The van der Waals surface area contributed by atoms with E-state index in [0.29, 0.717) is 18.4 Å². The van der Waals surface area contributed by atoms with E-state index in [1.165, 1.54) is 18.2 Å². The second kappa shape index (κ2) is 10.7. The third-order valence-corrected chi connectivity index (χ3v) is 9.99. The van der Waals surface area contributed by atoms with Gasteiger partial charge in [-0.3, -0.25) is 19.2 Å². The average molecular weight is 645 g/mol. The molecule has 4 rings (SSSR count). The standard InChI is InChI=1S/C25H22Br2Cl2N2O4/c1-2-21(22(32)13-6-4-3-5-7-13)30(23(33)14-8-9-19(28)20(29)10-14)31-24(34)15-11-17(26)18(27)12-16(15)25(31)35/h3-10,15-18,21H,2,11-12H2,1H3/t15-,16+,17+,18-,21-/m1/s1. The summed E-state index contributed by atoms with van der Waals surface area (Å²) in [4.78, 5) is 54.6. The highest BCUT2D eigenvalue weighted by Crippen LogP contribution is 2.44. The third-order valence-electron chi connectivity index (χ3n) is 6.52. The van der Waals surface area contributed by atoms with Crippen molar-refractivity contribution < 1.29 is 19.2 Å². The average Bonchev–Trinajstić information content (AvgIpc) is 3.08. The predicted molar refractivity (Wildman–Crippen MR) is 141 cm³/mol. The molecular formula is C25H22Br2Cl2N2O4. The van der Waals surface area contributed by atoms with Crippen LogP contribution in [0.15, 0.2) is 48.5 Å². The van der Waals surface area contributed by atoms with Gasteiger partial charge in [-0.05, 0) is 37.5 Å². The van der Waals surface area contributed by atoms with Gasteiger partial charge in [-0.2, -0.15) is 5.01 Å². The highest BCUT2D eigenvalue weighted by atomic mass is 79.9. The van der Waals surface area contributed by atoms with Crippen molar-refractivity contribution in [2.45, 2.75) is 41.9 Å². The topological polar surface area (TPSA) is 74.8 Å². The first-order valence-corrected chi connectivity index (χ1v) is 13.8. The summed E-state index contributed by atoms with van der Waals surface area (Å²) in [6.07, 6.45) is 1.08. The number of imide groups is 1. The van der Waals surface area contributed by atoms with Gasteiger partial charge in [-0.1, -0.05) is 92.3 Å². The van der Waals surface area contributed by atoms with Crippen LogP contribution < -0.4 is 0 Å². The van der Waals surface area contributed by atoms with Crippen LogP contribution in [0, 0.1) is 11.8 Å². The van der Waals surface area contributed by atoms with Crippen molar-refractivity contribution in [3.8, 4) is 0 Å². The first-order valence-electron chi connectivity index (χ1n) is 11.2. The Morgan fingerprint density at radius 2 is 1.51 bits per heavy atom. The molecule has 5 atom stereocenters. The van der Waals surface area contributed by atoms with Gasteiger partial charge < -0.3 is 0 Å². The van der Waals surface area contributed by atoms with E-state index in [1.807, 2.05) is 0 Å². The molecule has 0 radical (unpaired) electrons. The molecule has 3 amide bonds. The first-order chi connectivity index (χ1) is 16.6. The summed E-state index contributed by atoms with van der Waals surface area (Å²) in [7, 11) is 0. The number of nitrogens with zero attached hydrogens (tertiary/aromatic N) is 2. The zero-order valence-electron chi connectivity index (χ0n) is 18.7. The zero-order chi connectivity index (χ0) is 25.4. The van der Waals surface area contributed by atoms with E-state index >= 15 is 0 Å². The van der Waals surface area contributed by atoms with Crippen LogP contribution in [0.5, 0.6) is 0 Å². The van der Waals surface area contributed by atoms with Crippen LogP contribution in [0.1, 0.15) is 46.9 Å². The summed E-state index contributed by atoms with van der Waals surface area (Å²) >= 11 is 19.3. The molecule has 10 heteroatoms. The molecule has 1 aliphatic carbocycles. The quantitative estimate of drug-likeness (QED) is 0.222. The molecule has 1 aliphatic heterocycles. The largest absolute Gasteiger partial charge is 0.292 e. The third kappa shape index (κ3) is 4.95. The van der Waals surface area contributed by atoms with Crippen molar-refractivity contribution in [3.63, 3.8) is 0 Å². The van der Waals surface area contributed by atoms with Crippen LogP contribution in [-0.2, 0) is 9.59 Å². The lowest BCUT2D eigenvalue weighted by atomic mass is 9.81. The Kier molecular flexibility index (Phi) is 8.05. The number of benzene rings is 2. The van der Waals surface area contributed by atoms with Crippen LogP contribution in [0.25, 0.3) is 0 Å². The molecular weight excluding hydrogens is 623 g/mol. The van der Waals surface area contributed by atoms with Crippen molar-refractivity contribution in [1.29, 1.82) is 0 Å². The molecule has 0 unspecified atom stereocenters. The maximum absolute atomic E-state index is 13.9. The van der Waals surface area contributed by atoms with Gasteiger partial charge in [0.15, 0.2) is 5.78 Å². The number of alkyl halides is 2. The molecule has 2 fully saturated rings. The van der Waals surface area contributed by atoms with Gasteiger partial charge >= 0.3 is 0 Å². The molecule has 1 heterocycles. The molecule has 0 aromatic heterocycles. The second-order valence-electron chi connectivity index (χ2n) is 8.64. The molecule has 1 saturated carbocycles. The fourth-order valence-corrected chi connectivity index (χ4v) is 6.22. The van der Waals surface area contributed by atoms with E-state index in [2.05, 4.69) is 31.9 Å². The molecule has 0 spiro atoms. The van der Waals surface area contributed by atoms with Gasteiger partial charge in [-0.25, -0.2) is 5.01 Å². The Hall–Kier alpha value is -1.74. The monoisotopic (exact) mass is 642 g/mol. The molecule has 2 aromatic rings. The van der Waals surface area contributed by atoms with Crippen LogP contribution in [-0.4, -0.2) is 49.2 Å². The van der Waals surface area contributed by atoms with Crippen molar-refractivity contribution in [1.82, 2.24) is 10.0 Å². The number of ketones is 1. The van der Waals surface area contributed by atoms with E-state index in [1.54, 1.807) is 37.3 Å².